The van der Waals surface area contributed by atoms with E-state index in [0.717, 1.165) is 38.8 Å². The van der Waals surface area contributed by atoms with Gasteiger partial charge in [0, 0.05) is 6.54 Å². The van der Waals surface area contributed by atoms with Gasteiger partial charge < -0.3 is 15.5 Å². The van der Waals surface area contributed by atoms with Crippen LogP contribution in [-0.4, -0.2) is 28.7 Å². The van der Waals surface area contributed by atoms with Crippen LogP contribution in [0.25, 0.3) is 0 Å². The van der Waals surface area contributed by atoms with Crippen molar-refractivity contribution in [3.05, 3.63) is 35.9 Å². The predicted octanol–water partition coefficient (Wildman–Crippen LogP) is 2.90. The van der Waals surface area contributed by atoms with Crippen LogP contribution in [-0.2, 0) is 16.1 Å². The fraction of sp³-hybridized carbons (Fsp3) is 0.529. The predicted molar refractivity (Wildman–Crippen MR) is 84.6 cm³/mol. The summed E-state index contributed by atoms with van der Waals surface area (Å²) < 4.78 is 0. The molecule has 0 aliphatic heterocycles. The summed E-state index contributed by atoms with van der Waals surface area (Å²) in [6.07, 6.45) is 4.92. The molecule has 0 atom stereocenters. The lowest BCUT2D eigenvalue weighted by Crippen LogP contribution is -2.23. The van der Waals surface area contributed by atoms with Crippen LogP contribution in [0.2, 0.25) is 0 Å². The lowest BCUT2D eigenvalue weighted by atomic mass is 10.0. The zero-order valence-electron chi connectivity index (χ0n) is 12.8. The number of nitrogens with one attached hydrogen (secondary N) is 1. The van der Waals surface area contributed by atoms with Gasteiger partial charge >= 0.3 is 11.9 Å². The third-order valence-corrected chi connectivity index (χ3v) is 3.61. The molecular weight excluding hydrogens is 282 g/mol. The number of carboxylic acid groups (broad SMARTS) is 2. The van der Waals surface area contributed by atoms with Crippen molar-refractivity contribution in [2.24, 2.45) is 5.92 Å². The molecule has 0 aromatic heterocycles. The summed E-state index contributed by atoms with van der Waals surface area (Å²) in [4.78, 5) is 21.4. The molecule has 0 aliphatic carbocycles. The van der Waals surface area contributed by atoms with E-state index in [0.29, 0.717) is 6.42 Å². The maximum Gasteiger partial charge on any atom is 0.317 e. The SMILES string of the molecule is O=C(O)C(CCCCCCCNCc1ccccc1)C(=O)O. The van der Waals surface area contributed by atoms with Crippen molar-refractivity contribution in [2.45, 2.75) is 45.1 Å². The molecule has 0 fully saturated rings. The Bertz CT molecular complexity index is 433. The summed E-state index contributed by atoms with van der Waals surface area (Å²) in [5.41, 5.74) is 1.27. The Hall–Kier alpha value is -1.88. The second-order valence-electron chi connectivity index (χ2n) is 5.45. The van der Waals surface area contributed by atoms with Gasteiger partial charge in [-0.1, -0.05) is 56.0 Å². The number of carboxylic acids is 2. The number of hydrogen-bond donors (Lipinski definition) is 3. The minimum atomic E-state index is -1.26. The van der Waals surface area contributed by atoms with Crippen molar-refractivity contribution in [1.82, 2.24) is 5.32 Å². The maximum atomic E-state index is 10.7. The highest BCUT2D eigenvalue weighted by molar-refractivity contribution is 5.92. The largest absolute Gasteiger partial charge is 0.481 e. The van der Waals surface area contributed by atoms with Gasteiger partial charge in [0.15, 0.2) is 5.92 Å². The van der Waals surface area contributed by atoms with Crippen LogP contribution in [0.1, 0.15) is 44.1 Å². The van der Waals surface area contributed by atoms with Gasteiger partial charge in [0.05, 0.1) is 0 Å². The van der Waals surface area contributed by atoms with E-state index < -0.39 is 17.9 Å². The Labute approximate surface area is 131 Å². The molecule has 0 saturated carbocycles. The molecule has 5 heteroatoms. The number of unbranched alkanes of at least 4 members (excludes halogenated alkanes) is 4. The second kappa shape index (κ2) is 10.8. The Morgan fingerprint density at radius 1 is 0.909 bits per heavy atom. The van der Waals surface area contributed by atoms with Gasteiger partial charge in [-0.3, -0.25) is 9.59 Å². The first-order chi connectivity index (χ1) is 10.6. The standard InChI is InChI=1S/C17H25NO4/c19-16(20)15(17(21)22)11-7-2-1-3-8-12-18-13-14-9-5-4-6-10-14/h4-6,9-10,15,18H,1-3,7-8,11-13H2,(H,19,20)(H,21,22). The van der Waals surface area contributed by atoms with E-state index in [1.54, 1.807) is 0 Å². The lowest BCUT2D eigenvalue weighted by Gasteiger charge is -2.07. The zero-order chi connectivity index (χ0) is 16.2. The lowest BCUT2D eigenvalue weighted by molar-refractivity contribution is -0.154. The fourth-order valence-electron chi connectivity index (χ4n) is 2.31. The highest BCUT2D eigenvalue weighted by Crippen LogP contribution is 2.12. The zero-order valence-corrected chi connectivity index (χ0v) is 12.8. The first-order valence-electron chi connectivity index (χ1n) is 7.81. The number of rotatable bonds is 12. The molecule has 0 aliphatic rings. The fourth-order valence-corrected chi connectivity index (χ4v) is 2.31. The van der Waals surface area contributed by atoms with E-state index in [9.17, 15) is 9.59 Å². The summed E-state index contributed by atoms with van der Waals surface area (Å²) in [6.45, 7) is 1.83. The van der Waals surface area contributed by atoms with Crippen molar-refractivity contribution >= 4 is 11.9 Å². The van der Waals surface area contributed by atoms with Crippen LogP contribution in [0.15, 0.2) is 30.3 Å². The minimum Gasteiger partial charge on any atom is -0.481 e. The molecule has 5 nitrogen and oxygen atoms in total. The van der Waals surface area contributed by atoms with Crippen molar-refractivity contribution in [1.29, 1.82) is 0 Å². The van der Waals surface area contributed by atoms with Gasteiger partial charge in [0.1, 0.15) is 0 Å². The highest BCUT2D eigenvalue weighted by Gasteiger charge is 2.24. The maximum absolute atomic E-state index is 10.7. The van der Waals surface area contributed by atoms with Gasteiger partial charge in [0.2, 0.25) is 0 Å². The number of aliphatic carboxylic acids is 2. The third kappa shape index (κ3) is 7.78. The first-order valence-corrected chi connectivity index (χ1v) is 7.81. The topological polar surface area (TPSA) is 86.6 Å². The number of carbonyl (C=O) groups is 2. The van der Waals surface area contributed by atoms with Crippen LogP contribution >= 0.6 is 0 Å². The summed E-state index contributed by atoms with van der Waals surface area (Å²) >= 11 is 0. The molecule has 0 spiro atoms. The van der Waals surface area contributed by atoms with Gasteiger partial charge in [-0.2, -0.15) is 0 Å². The molecule has 22 heavy (non-hydrogen) atoms. The summed E-state index contributed by atoms with van der Waals surface area (Å²) in [7, 11) is 0. The molecule has 1 aromatic rings. The molecule has 1 rings (SSSR count). The van der Waals surface area contributed by atoms with Crippen molar-refractivity contribution in [2.75, 3.05) is 6.54 Å². The van der Waals surface area contributed by atoms with Crippen LogP contribution in [0, 0.1) is 5.92 Å². The molecule has 0 heterocycles. The van der Waals surface area contributed by atoms with E-state index in [-0.39, 0.29) is 6.42 Å². The van der Waals surface area contributed by atoms with E-state index in [4.69, 9.17) is 10.2 Å². The van der Waals surface area contributed by atoms with Crippen LogP contribution in [0.3, 0.4) is 0 Å². The number of hydrogen-bond acceptors (Lipinski definition) is 3. The van der Waals surface area contributed by atoms with Crippen LogP contribution in [0.4, 0.5) is 0 Å². The summed E-state index contributed by atoms with van der Waals surface area (Å²) in [5.74, 6) is -3.73. The third-order valence-electron chi connectivity index (χ3n) is 3.61. The van der Waals surface area contributed by atoms with E-state index >= 15 is 0 Å². The van der Waals surface area contributed by atoms with E-state index in [2.05, 4.69) is 17.4 Å². The summed E-state index contributed by atoms with van der Waals surface area (Å²) in [5, 5.41) is 20.9. The Kier molecular flexibility index (Phi) is 8.91. The van der Waals surface area contributed by atoms with Gasteiger partial charge in [0.25, 0.3) is 0 Å². The van der Waals surface area contributed by atoms with Crippen molar-refractivity contribution in [3.8, 4) is 0 Å². The average molecular weight is 307 g/mol. The Morgan fingerprint density at radius 2 is 1.50 bits per heavy atom. The molecule has 0 unspecified atom stereocenters. The monoisotopic (exact) mass is 307 g/mol. The molecule has 0 bridgehead atoms. The molecule has 0 saturated heterocycles. The van der Waals surface area contributed by atoms with Gasteiger partial charge in [-0.15, -0.1) is 0 Å². The van der Waals surface area contributed by atoms with Crippen molar-refractivity contribution < 1.29 is 19.8 Å². The Balaban J connectivity index is 1.95. The molecule has 122 valence electrons. The normalized spacial score (nSPS) is 10.8. The molecule has 0 amide bonds. The smallest absolute Gasteiger partial charge is 0.317 e. The highest BCUT2D eigenvalue weighted by atomic mass is 16.4. The second-order valence-corrected chi connectivity index (χ2v) is 5.45. The van der Waals surface area contributed by atoms with Crippen molar-refractivity contribution in [3.63, 3.8) is 0 Å². The van der Waals surface area contributed by atoms with Gasteiger partial charge in [-0.05, 0) is 24.9 Å². The van der Waals surface area contributed by atoms with E-state index in [1.165, 1.54) is 5.56 Å². The Morgan fingerprint density at radius 3 is 2.14 bits per heavy atom. The van der Waals surface area contributed by atoms with E-state index in [1.807, 2.05) is 18.2 Å². The summed E-state index contributed by atoms with van der Waals surface area (Å²) in [6, 6.07) is 10.2. The average Bonchev–Trinajstić information content (AvgIpc) is 2.49. The van der Waals surface area contributed by atoms with Crippen LogP contribution < -0.4 is 5.32 Å². The molecule has 1 aromatic carbocycles. The first kappa shape index (κ1) is 18.2. The molecule has 3 N–H and O–H groups in total. The quantitative estimate of drug-likeness (QED) is 0.408. The minimum absolute atomic E-state index is 0.219. The van der Waals surface area contributed by atoms with Gasteiger partial charge in [-0.25, -0.2) is 0 Å². The molecular formula is C17H25NO4. The van der Waals surface area contributed by atoms with Crippen LogP contribution in [0.5, 0.6) is 0 Å². The number of benzene rings is 1. The molecule has 0 radical (unpaired) electrons.